The van der Waals surface area contributed by atoms with Crippen LogP contribution in [0, 0.1) is 6.92 Å². The third-order valence-electron chi connectivity index (χ3n) is 5.71. The highest BCUT2D eigenvalue weighted by molar-refractivity contribution is 8.18. The van der Waals surface area contributed by atoms with E-state index in [0.29, 0.717) is 28.8 Å². The molecule has 41 heavy (non-hydrogen) atoms. The lowest BCUT2D eigenvalue weighted by atomic mass is 10.2. The predicted octanol–water partition coefficient (Wildman–Crippen LogP) is 5.13. The summed E-state index contributed by atoms with van der Waals surface area (Å²) in [7, 11) is 1.20. The highest BCUT2D eigenvalue weighted by Crippen LogP contribution is 2.32. The number of imide groups is 1. The fourth-order valence-corrected chi connectivity index (χ4v) is 4.68. The number of amides is 4. The minimum Gasteiger partial charge on any atom is -0.484 e. The van der Waals surface area contributed by atoms with Gasteiger partial charge in [0.05, 0.1) is 22.6 Å². The minimum absolute atomic E-state index is 0.0583. The topological polar surface area (TPSA) is 131 Å². The zero-order valence-corrected chi connectivity index (χ0v) is 23.5. The second-order valence-electron chi connectivity index (χ2n) is 8.77. The molecule has 0 radical (unpaired) electrons. The van der Waals surface area contributed by atoms with Gasteiger partial charge < -0.3 is 20.1 Å². The fourth-order valence-electron chi connectivity index (χ4n) is 3.64. The second-order valence-corrected chi connectivity index (χ2v) is 10.2. The summed E-state index contributed by atoms with van der Waals surface area (Å²) < 4.78 is 10.2. The number of nitrogens with one attached hydrogen (secondary N) is 2. The Morgan fingerprint density at radius 1 is 0.927 bits per heavy atom. The SMILES string of the molecule is COC(=O)c1cc(NC(=O)CN2C(=O)S/C(=C/c3ccc(OCC(=O)Nc4ccc(C)cc4)cc3)C2=O)ccc1Cl. The van der Waals surface area contributed by atoms with Crippen LogP contribution in [0.1, 0.15) is 21.5 Å². The van der Waals surface area contributed by atoms with Crippen LogP contribution in [0.2, 0.25) is 5.02 Å². The molecule has 0 atom stereocenters. The number of anilines is 2. The molecule has 1 aliphatic heterocycles. The number of nitrogens with zero attached hydrogens (tertiary/aromatic N) is 1. The molecule has 4 amide bonds. The third-order valence-corrected chi connectivity index (χ3v) is 6.95. The smallest absolute Gasteiger partial charge is 0.339 e. The highest BCUT2D eigenvalue weighted by atomic mass is 35.5. The van der Waals surface area contributed by atoms with Gasteiger partial charge in [-0.25, -0.2) is 4.79 Å². The molecule has 10 nitrogen and oxygen atoms in total. The maximum absolute atomic E-state index is 12.8. The molecule has 210 valence electrons. The van der Waals surface area contributed by atoms with E-state index in [9.17, 15) is 24.0 Å². The summed E-state index contributed by atoms with van der Waals surface area (Å²) in [6.45, 7) is 1.25. The summed E-state index contributed by atoms with van der Waals surface area (Å²) in [6.07, 6.45) is 1.53. The average molecular weight is 594 g/mol. The van der Waals surface area contributed by atoms with Crippen LogP contribution in [0.25, 0.3) is 6.08 Å². The van der Waals surface area contributed by atoms with Crippen LogP contribution in [0.3, 0.4) is 0 Å². The maximum Gasteiger partial charge on any atom is 0.339 e. The molecule has 3 aromatic rings. The first kappa shape index (κ1) is 29.4. The predicted molar refractivity (Wildman–Crippen MR) is 156 cm³/mol. The number of methoxy groups -OCH3 is 1. The molecule has 3 aromatic carbocycles. The van der Waals surface area contributed by atoms with Crippen LogP contribution in [0.5, 0.6) is 5.75 Å². The van der Waals surface area contributed by atoms with Gasteiger partial charge in [-0.15, -0.1) is 0 Å². The minimum atomic E-state index is -0.676. The fraction of sp³-hybridized carbons (Fsp3) is 0.138. The maximum atomic E-state index is 12.8. The van der Waals surface area contributed by atoms with Crippen LogP contribution in [-0.2, 0) is 19.1 Å². The molecular formula is C29H24ClN3O7S. The van der Waals surface area contributed by atoms with E-state index in [1.54, 1.807) is 36.4 Å². The summed E-state index contributed by atoms with van der Waals surface area (Å²) in [4.78, 5) is 62.8. The van der Waals surface area contributed by atoms with Gasteiger partial charge in [0.25, 0.3) is 17.1 Å². The van der Waals surface area contributed by atoms with E-state index in [4.69, 9.17) is 16.3 Å². The average Bonchev–Trinajstić information content (AvgIpc) is 3.21. The molecule has 0 unspecified atom stereocenters. The molecule has 0 aliphatic carbocycles. The van der Waals surface area contributed by atoms with Gasteiger partial charge >= 0.3 is 5.97 Å². The molecule has 0 spiro atoms. The molecule has 1 heterocycles. The van der Waals surface area contributed by atoms with Gasteiger partial charge in [-0.05, 0) is 72.8 Å². The van der Waals surface area contributed by atoms with Crippen LogP contribution < -0.4 is 15.4 Å². The van der Waals surface area contributed by atoms with Crippen molar-refractivity contribution in [2.75, 3.05) is 30.9 Å². The van der Waals surface area contributed by atoms with E-state index in [1.165, 1.54) is 31.4 Å². The summed E-state index contributed by atoms with van der Waals surface area (Å²) in [5.74, 6) is -1.79. The standard InChI is InChI=1S/C29H24ClN3O7S/c1-17-3-7-19(8-4-17)31-26(35)16-40-21-10-5-18(6-11-21)13-24-27(36)33(29(38)41-24)15-25(34)32-20-9-12-23(30)22(14-20)28(37)39-2/h3-14H,15-16H2,1-2H3,(H,31,35)(H,32,34)/b24-13+. The Kier molecular flexibility index (Phi) is 9.43. The summed E-state index contributed by atoms with van der Waals surface area (Å²) in [5.41, 5.74) is 2.68. The monoisotopic (exact) mass is 593 g/mol. The molecular weight excluding hydrogens is 570 g/mol. The lowest BCUT2D eigenvalue weighted by Gasteiger charge is -2.13. The highest BCUT2D eigenvalue weighted by Gasteiger charge is 2.36. The number of hydrogen-bond acceptors (Lipinski definition) is 8. The Morgan fingerprint density at radius 3 is 2.27 bits per heavy atom. The molecule has 0 saturated carbocycles. The first-order valence-electron chi connectivity index (χ1n) is 12.2. The van der Waals surface area contributed by atoms with Gasteiger partial charge in [0.1, 0.15) is 12.3 Å². The molecule has 0 bridgehead atoms. The van der Waals surface area contributed by atoms with E-state index >= 15 is 0 Å². The number of carbonyl (C=O) groups excluding carboxylic acids is 5. The van der Waals surface area contributed by atoms with E-state index in [1.807, 2.05) is 19.1 Å². The molecule has 4 rings (SSSR count). The van der Waals surface area contributed by atoms with Crippen LogP contribution in [-0.4, -0.2) is 54.1 Å². The number of ether oxygens (including phenoxy) is 2. The number of hydrogen-bond donors (Lipinski definition) is 2. The molecule has 1 fully saturated rings. The Labute approximate surface area is 244 Å². The van der Waals surface area contributed by atoms with Crippen molar-refractivity contribution in [1.82, 2.24) is 4.90 Å². The lowest BCUT2D eigenvalue weighted by molar-refractivity contribution is -0.127. The van der Waals surface area contributed by atoms with E-state index in [2.05, 4.69) is 15.4 Å². The number of benzene rings is 3. The largest absolute Gasteiger partial charge is 0.484 e. The summed E-state index contributed by atoms with van der Waals surface area (Å²) >= 11 is 6.70. The molecule has 1 saturated heterocycles. The Balaban J connectivity index is 1.32. The molecule has 2 N–H and O–H groups in total. The van der Waals surface area contributed by atoms with Crippen molar-refractivity contribution in [3.8, 4) is 5.75 Å². The molecule has 0 aromatic heterocycles. The zero-order valence-electron chi connectivity index (χ0n) is 21.9. The van der Waals surface area contributed by atoms with E-state index in [-0.39, 0.29) is 33.7 Å². The first-order valence-corrected chi connectivity index (χ1v) is 13.3. The van der Waals surface area contributed by atoms with Gasteiger partial charge in [-0.3, -0.25) is 24.1 Å². The van der Waals surface area contributed by atoms with Crippen molar-refractivity contribution in [3.05, 3.63) is 93.3 Å². The third kappa shape index (κ3) is 7.74. The van der Waals surface area contributed by atoms with Crippen molar-refractivity contribution in [2.45, 2.75) is 6.92 Å². The van der Waals surface area contributed by atoms with Gasteiger partial charge in [-0.2, -0.15) is 0 Å². The number of esters is 1. The number of carbonyl (C=O) groups is 5. The quantitative estimate of drug-likeness (QED) is 0.258. The van der Waals surface area contributed by atoms with Crippen LogP contribution in [0.4, 0.5) is 16.2 Å². The summed E-state index contributed by atoms with van der Waals surface area (Å²) in [6, 6.07) is 18.2. The summed E-state index contributed by atoms with van der Waals surface area (Å²) in [5, 5.41) is 4.84. The second kappa shape index (κ2) is 13.2. The van der Waals surface area contributed by atoms with Crippen molar-refractivity contribution in [1.29, 1.82) is 0 Å². The van der Waals surface area contributed by atoms with Gasteiger partial charge in [0, 0.05) is 11.4 Å². The zero-order chi connectivity index (χ0) is 29.5. The van der Waals surface area contributed by atoms with Gasteiger partial charge in [0.2, 0.25) is 5.91 Å². The Hall–Kier alpha value is -4.61. The number of halogens is 1. The lowest BCUT2D eigenvalue weighted by Crippen LogP contribution is -2.36. The number of thioether (sulfide) groups is 1. The van der Waals surface area contributed by atoms with Crippen LogP contribution >= 0.6 is 23.4 Å². The molecule has 12 heteroatoms. The van der Waals surface area contributed by atoms with Crippen molar-refractivity contribution in [2.24, 2.45) is 0 Å². The van der Waals surface area contributed by atoms with Crippen LogP contribution in [0.15, 0.2) is 71.6 Å². The number of aryl methyl sites for hydroxylation is 1. The number of rotatable bonds is 9. The normalized spacial score (nSPS) is 13.7. The van der Waals surface area contributed by atoms with Crippen molar-refractivity contribution in [3.63, 3.8) is 0 Å². The van der Waals surface area contributed by atoms with E-state index < -0.39 is 29.6 Å². The molecule has 1 aliphatic rings. The van der Waals surface area contributed by atoms with Crippen molar-refractivity contribution < 1.29 is 33.4 Å². The van der Waals surface area contributed by atoms with Gasteiger partial charge in [0.15, 0.2) is 6.61 Å². The van der Waals surface area contributed by atoms with Crippen molar-refractivity contribution >= 4 is 69.7 Å². The Morgan fingerprint density at radius 2 is 1.59 bits per heavy atom. The first-order chi connectivity index (χ1) is 19.6. The van der Waals surface area contributed by atoms with E-state index in [0.717, 1.165) is 10.5 Å². The Bertz CT molecular complexity index is 1540. The van der Waals surface area contributed by atoms with Gasteiger partial charge in [-0.1, -0.05) is 41.4 Å².